The maximum atomic E-state index is 12.4. The Hall–Kier alpha value is -1.85. The number of halogens is 1. The molecule has 0 aliphatic carbocycles. The molecule has 1 amide bonds. The normalized spacial score (nSPS) is 18.5. The fourth-order valence-corrected chi connectivity index (χ4v) is 2.75. The van der Waals surface area contributed by atoms with Crippen LogP contribution in [-0.2, 0) is 16.0 Å². The summed E-state index contributed by atoms with van der Waals surface area (Å²) in [6.45, 7) is 3.44. The van der Waals surface area contributed by atoms with Gasteiger partial charge in [0.05, 0.1) is 25.3 Å². The number of carbonyl (C=O) groups is 1. The molecule has 0 N–H and O–H groups in total. The minimum absolute atomic E-state index is 0.0311. The van der Waals surface area contributed by atoms with Gasteiger partial charge in [0.15, 0.2) is 0 Å². The van der Waals surface area contributed by atoms with Crippen LogP contribution in [0.15, 0.2) is 34.9 Å². The number of ether oxygens (including phenoxy) is 1. The lowest BCUT2D eigenvalue weighted by Crippen LogP contribution is -2.43. The van der Waals surface area contributed by atoms with Gasteiger partial charge in [-0.15, -0.1) is 0 Å². The van der Waals surface area contributed by atoms with E-state index in [-0.39, 0.29) is 18.4 Å². The van der Waals surface area contributed by atoms with Crippen LogP contribution in [-0.4, -0.2) is 35.7 Å². The molecule has 1 saturated heterocycles. The summed E-state index contributed by atoms with van der Waals surface area (Å²) >= 11 is 6.02. The Morgan fingerprint density at radius 1 is 1.45 bits per heavy atom. The number of benzene rings is 1. The van der Waals surface area contributed by atoms with Crippen LogP contribution in [0.4, 0.5) is 0 Å². The molecule has 1 aliphatic rings. The average molecular weight is 321 g/mol. The van der Waals surface area contributed by atoms with Crippen LogP contribution in [0, 0.1) is 6.92 Å². The van der Waals surface area contributed by atoms with Gasteiger partial charge in [-0.3, -0.25) is 4.79 Å². The van der Waals surface area contributed by atoms with Gasteiger partial charge in [0.1, 0.15) is 11.9 Å². The molecular formula is C16H17ClN2O3. The van der Waals surface area contributed by atoms with Gasteiger partial charge in [-0.05, 0) is 24.6 Å². The van der Waals surface area contributed by atoms with E-state index < -0.39 is 0 Å². The van der Waals surface area contributed by atoms with Gasteiger partial charge in [-0.25, -0.2) is 0 Å². The minimum atomic E-state index is -0.143. The van der Waals surface area contributed by atoms with Crippen molar-refractivity contribution in [2.45, 2.75) is 19.4 Å². The van der Waals surface area contributed by atoms with Crippen molar-refractivity contribution in [3.05, 3.63) is 52.4 Å². The Bertz CT molecular complexity index is 671. The first-order chi connectivity index (χ1) is 10.6. The lowest BCUT2D eigenvalue weighted by Gasteiger charge is -2.33. The lowest BCUT2D eigenvalue weighted by molar-refractivity contribution is -0.138. The van der Waals surface area contributed by atoms with E-state index in [4.69, 9.17) is 20.9 Å². The van der Waals surface area contributed by atoms with Crippen molar-refractivity contribution in [1.82, 2.24) is 10.1 Å². The molecule has 0 bridgehead atoms. The highest BCUT2D eigenvalue weighted by atomic mass is 35.5. The first-order valence-electron chi connectivity index (χ1n) is 7.19. The second-order valence-corrected chi connectivity index (χ2v) is 5.80. The van der Waals surface area contributed by atoms with Crippen molar-refractivity contribution >= 4 is 17.5 Å². The Morgan fingerprint density at radius 2 is 2.32 bits per heavy atom. The number of nitrogens with zero attached hydrogens (tertiary/aromatic N) is 2. The number of aryl methyl sites for hydroxylation is 1. The number of hydrogen-bond donors (Lipinski definition) is 0. The summed E-state index contributed by atoms with van der Waals surface area (Å²) in [4.78, 5) is 14.2. The van der Waals surface area contributed by atoms with Gasteiger partial charge < -0.3 is 14.2 Å². The standard InChI is InChI=1S/C16H17ClN2O3/c1-11-7-14(18-22-11)9-16(20)19-5-6-21-15(10-19)12-3-2-4-13(17)8-12/h2-4,7-8,15H,5-6,9-10H2,1H3. The summed E-state index contributed by atoms with van der Waals surface area (Å²) in [6.07, 6.45) is 0.107. The van der Waals surface area contributed by atoms with Crippen molar-refractivity contribution in [2.75, 3.05) is 19.7 Å². The maximum absolute atomic E-state index is 12.4. The van der Waals surface area contributed by atoms with Gasteiger partial charge in [0.25, 0.3) is 0 Å². The van der Waals surface area contributed by atoms with E-state index in [1.165, 1.54) is 0 Å². The number of rotatable bonds is 3. The summed E-state index contributed by atoms with van der Waals surface area (Å²) in [5.74, 6) is 0.741. The number of hydrogen-bond acceptors (Lipinski definition) is 4. The van der Waals surface area contributed by atoms with E-state index in [1.807, 2.05) is 31.2 Å². The highest BCUT2D eigenvalue weighted by molar-refractivity contribution is 6.30. The molecule has 2 heterocycles. The molecule has 0 radical (unpaired) electrons. The SMILES string of the molecule is Cc1cc(CC(=O)N2CCOC(c3cccc(Cl)c3)C2)no1. The highest BCUT2D eigenvalue weighted by Gasteiger charge is 2.26. The molecule has 5 nitrogen and oxygen atoms in total. The number of amides is 1. The molecule has 1 unspecified atom stereocenters. The molecule has 2 aromatic rings. The van der Waals surface area contributed by atoms with Crippen LogP contribution in [0.3, 0.4) is 0 Å². The quantitative estimate of drug-likeness (QED) is 0.872. The third-order valence-electron chi connectivity index (χ3n) is 3.65. The Labute approximate surface area is 133 Å². The lowest BCUT2D eigenvalue weighted by atomic mass is 10.1. The van der Waals surface area contributed by atoms with Crippen molar-refractivity contribution < 1.29 is 14.1 Å². The zero-order valence-electron chi connectivity index (χ0n) is 12.3. The van der Waals surface area contributed by atoms with E-state index in [0.717, 1.165) is 5.56 Å². The van der Waals surface area contributed by atoms with Crippen LogP contribution in [0.1, 0.15) is 23.1 Å². The summed E-state index contributed by atoms with van der Waals surface area (Å²) in [5, 5.41) is 4.54. The Morgan fingerprint density at radius 3 is 3.05 bits per heavy atom. The van der Waals surface area contributed by atoms with E-state index >= 15 is 0 Å². The molecule has 116 valence electrons. The Kier molecular flexibility index (Phi) is 4.45. The van der Waals surface area contributed by atoms with Gasteiger partial charge in [0.2, 0.25) is 5.91 Å². The predicted molar refractivity (Wildman–Crippen MR) is 81.7 cm³/mol. The zero-order chi connectivity index (χ0) is 15.5. The number of morpholine rings is 1. The summed E-state index contributed by atoms with van der Waals surface area (Å²) in [6, 6.07) is 9.34. The van der Waals surface area contributed by atoms with Crippen LogP contribution in [0.5, 0.6) is 0 Å². The molecule has 1 aliphatic heterocycles. The summed E-state index contributed by atoms with van der Waals surface area (Å²) < 4.78 is 10.8. The first kappa shape index (κ1) is 15.1. The number of aromatic nitrogens is 1. The highest BCUT2D eigenvalue weighted by Crippen LogP contribution is 2.24. The van der Waals surface area contributed by atoms with Gasteiger partial charge >= 0.3 is 0 Å². The summed E-state index contributed by atoms with van der Waals surface area (Å²) in [7, 11) is 0. The van der Waals surface area contributed by atoms with E-state index in [1.54, 1.807) is 11.0 Å². The second kappa shape index (κ2) is 6.50. The topological polar surface area (TPSA) is 55.6 Å². The van der Waals surface area contributed by atoms with E-state index in [0.29, 0.717) is 36.2 Å². The molecule has 22 heavy (non-hydrogen) atoms. The smallest absolute Gasteiger partial charge is 0.228 e. The molecule has 1 aromatic heterocycles. The fraction of sp³-hybridized carbons (Fsp3) is 0.375. The third kappa shape index (κ3) is 3.48. The van der Waals surface area contributed by atoms with Gasteiger partial charge in [-0.1, -0.05) is 28.9 Å². The zero-order valence-corrected chi connectivity index (χ0v) is 13.0. The van der Waals surface area contributed by atoms with Crippen LogP contribution >= 0.6 is 11.6 Å². The van der Waals surface area contributed by atoms with Crippen molar-refractivity contribution in [3.8, 4) is 0 Å². The molecule has 0 saturated carbocycles. The van der Waals surface area contributed by atoms with Crippen molar-refractivity contribution in [1.29, 1.82) is 0 Å². The predicted octanol–water partition coefficient (Wildman–Crippen LogP) is 2.78. The van der Waals surface area contributed by atoms with Gasteiger partial charge in [0, 0.05) is 17.6 Å². The molecule has 1 atom stereocenters. The number of carbonyl (C=O) groups excluding carboxylic acids is 1. The van der Waals surface area contributed by atoms with Crippen molar-refractivity contribution in [3.63, 3.8) is 0 Å². The van der Waals surface area contributed by atoms with Crippen molar-refractivity contribution in [2.24, 2.45) is 0 Å². The molecule has 1 aromatic carbocycles. The second-order valence-electron chi connectivity index (χ2n) is 5.36. The van der Waals surface area contributed by atoms with E-state index in [2.05, 4.69) is 5.16 Å². The molecule has 0 spiro atoms. The van der Waals surface area contributed by atoms with Crippen LogP contribution < -0.4 is 0 Å². The first-order valence-corrected chi connectivity index (χ1v) is 7.56. The van der Waals surface area contributed by atoms with Gasteiger partial charge in [-0.2, -0.15) is 0 Å². The Balaban J connectivity index is 1.66. The minimum Gasteiger partial charge on any atom is -0.370 e. The maximum Gasteiger partial charge on any atom is 0.228 e. The fourth-order valence-electron chi connectivity index (χ4n) is 2.55. The molecule has 1 fully saturated rings. The van der Waals surface area contributed by atoms with E-state index in [9.17, 15) is 4.79 Å². The molecular weight excluding hydrogens is 304 g/mol. The largest absolute Gasteiger partial charge is 0.370 e. The molecule has 3 rings (SSSR count). The van der Waals surface area contributed by atoms with Crippen LogP contribution in [0.25, 0.3) is 0 Å². The van der Waals surface area contributed by atoms with Crippen LogP contribution in [0.2, 0.25) is 5.02 Å². The molecule has 6 heteroatoms. The monoisotopic (exact) mass is 320 g/mol. The average Bonchev–Trinajstić information content (AvgIpc) is 2.92. The third-order valence-corrected chi connectivity index (χ3v) is 3.88. The summed E-state index contributed by atoms with van der Waals surface area (Å²) in [5.41, 5.74) is 1.65.